The van der Waals surface area contributed by atoms with Crippen LogP contribution in [0.4, 0.5) is 5.88 Å². The summed E-state index contributed by atoms with van der Waals surface area (Å²) in [5.41, 5.74) is 0. The van der Waals surface area contributed by atoms with Crippen molar-refractivity contribution in [1.82, 2.24) is 4.90 Å². The minimum Gasteiger partial charge on any atom is -0.467 e. The molecular weight excluding hydrogens is 328 g/mol. The molecule has 0 unspecified atom stereocenters. The molecule has 134 valence electrons. The van der Waals surface area contributed by atoms with Crippen LogP contribution in [0.2, 0.25) is 0 Å². The molecule has 1 amide bonds. The topological polar surface area (TPSA) is 110 Å². The highest BCUT2D eigenvalue weighted by atomic mass is 16.6. The molecule has 2 aromatic rings. The van der Waals surface area contributed by atoms with E-state index in [4.69, 9.17) is 8.83 Å². The van der Waals surface area contributed by atoms with Gasteiger partial charge in [-0.3, -0.25) is 14.9 Å². The predicted molar refractivity (Wildman–Crippen MR) is 86.9 cm³/mol. The SMILES string of the molecule is O=C(c1ccc([N+](=O)[O-])o1)N1CCCCC[C@H]1C[C@H](O)c1ccco1. The molecule has 0 aromatic carbocycles. The number of aliphatic hydroxyl groups excluding tert-OH is 1. The normalized spacial score (nSPS) is 19.4. The second-order valence-electron chi connectivity index (χ2n) is 6.16. The predicted octanol–water partition coefficient (Wildman–Crippen LogP) is 3.29. The van der Waals surface area contributed by atoms with Crippen molar-refractivity contribution in [3.63, 3.8) is 0 Å². The van der Waals surface area contributed by atoms with Gasteiger partial charge in [0, 0.05) is 19.0 Å². The molecule has 8 heteroatoms. The van der Waals surface area contributed by atoms with Gasteiger partial charge in [-0.2, -0.15) is 0 Å². The fraction of sp³-hybridized carbons (Fsp3) is 0.471. The number of hydrogen-bond donors (Lipinski definition) is 1. The number of amides is 1. The molecule has 0 bridgehead atoms. The molecule has 1 saturated heterocycles. The summed E-state index contributed by atoms with van der Waals surface area (Å²) in [5.74, 6) is -0.423. The molecule has 3 heterocycles. The number of nitrogens with zero attached hydrogens (tertiary/aromatic N) is 2. The van der Waals surface area contributed by atoms with Crippen LogP contribution in [0.1, 0.15) is 54.5 Å². The molecule has 25 heavy (non-hydrogen) atoms. The van der Waals surface area contributed by atoms with Crippen LogP contribution in [0, 0.1) is 10.1 Å². The van der Waals surface area contributed by atoms with Crippen LogP contribution < -0.4 is 0 Å². The van der Waals surface area contributed by atoms with Crippen molar-refractivity contribution in [2.75, 3.05) is 6.54 Å². The lowest BCUT2D eigenvalue weighted by Gasteiger charge is -2.30. The summed E-state index contributed by atoms with van der Waals surface area (Å²) >= 11 is 0. The molecule has 1 N–H and O–H groups in total. The van der Waals surface area contributed by atoms with Gasteiger partial charge in [0.2, 0.25) is 0 Å². The fourth-order valence-corrected chi connectivity index (χ4v) is 3.23. The highest BCUT2D eigenvalue weighted by Crippen LogP contribution is 2.28. The van der Waals surface area contributed by atoms with E-state index in [1.165, 1.54) is 18.4 Å². The maximum absolute atomic E-state index is 12.8. The highest BCUT2D eigenvalue weighted by Gasteiger charge is 2.31. The minimum absolute atomic E-state index is 0.0499. The van der Waals surface area contributed by atoms with Gasteiger partial charge in [-0.15, -0.1) is 0 Å². The van der Waals surface area contributed by atoms with Crippen molar-refractivity contribution >= 4 is 11.8 Å². The number of likely N-dealkylation sites (tertiary alicyclic amines) is 1. The minimum atomic E-state index is -0.806. The summed E-state index contributed by atoms with van der Waals surface area (Å²) in [4.78, 5) is 24.5. The van der Waals surface area contributed by atoms with Gasteiger partial charge >= 0.3 is 5.88 Å². The van der Waals surface area contributed by atoms with Crippen molar-refractivity contribution in [2.24, 2.45) is 0 Å². The van der Waals surface area contributed by atoms with E-state index in [-0.39, 0.29) is 17.7 Å². The highest BCUT2D eigenvalue weighted by molar-refractivity contribution is 5.92. The summed E-state index contributed by atoms with van der Waals surface area (Å²) in [7, 11) is 0. The summed E-state index contributed by atoms with van der Waals surface area (Å²) < 4.78 is 10.3. The van der Waals surface area contributed by atoms with E-state index in [0.29, 0.717) is 18.7 Å². The van der Waals surface area contributed by atoms with Crippen molar-refractivity contribution in [3.05, 3.63) is 52.2 Å². The van der Waals surface area contributed by atoms with Gasteiger partial charge in [-0.05, 0) is 31.0 Å². The molecule has 8 nitrogen and oxygen atoms in total. The first-order valence-corrected chi connectivity index (χ1v) is 8.33. The smallest absolute Gasteiger partial charge is 0.433 e. The van der Waals surface area contributed by atoms with E-state index in [1.807, 2.05) is 0 Å². The lowest BCUT2D eigenvalue weighted by Crippen LogP contribution is -2.40. The molecule has 1 aliphatic heterocycles. The second-order valence-corrected chi connectivity index (χ2v) is 6.16. The van der Waals surface area contributed by atoms with Crippen molar-refractivity contribution < 1.29 is 23.7 Å². The van der Waals surface area contributed by atoms with E-state index in [9.17, 15) is 20.0 Å². The lowest BCUT2D eigenvalue weighted by atomic mass is 10.0. The van der Waals surface area contributed by atoms with E-state index in [2.05, 4.69) is 0 Å². The first-order chi connectivity index (χ1) is 12.1. The Kier molecular flexibility index (Phi) is 5.18. The van der Waals surface area contributed by atoms with Crippen LogP contribution in [0.15, 0.2) is 39.4 Å². The average Bonchev–Trinajstić information content (AvgIpc) is 3.24. The Bertz CT molecular complexity index is 723. The number of hydrogen-bond acceptors (Lipinski definition) is 6. The molecule has 0 radical (unpaired) electrons. The Hall–Kier alpha value is -2.61. The number of carbonyl (C=O) groups is 1. The van der Waals surface area contributed by atoms with Gasteiger partial charge in [0.1, 0.15) is 16.8 Å². The summed E-state index contributed by atoms with van der Waals surface area (Å²) in [5, 5.41) is 21.1. The number of carbonyl (C=O) groups excluding carboxylic acids is 1. The van der Waals surface area contributed by atoms with Crippen LogP contribution in [-0.2, 0) is 0 Å². The number of furan rings is 2. The van der Waals surface area contributed by atoms with Gasteiger partial charge in [0.05, 0.1) is 12.3 Å². The number of nitro groups is 1. The molecule has 1 fully saturated rings. The Morgan fingerprint density at radius 2 is 2.20 bits per heavy atom. The molecule has 2 atom stereocenters. The Morgan fingerprint density at radius 1 is 1.36 bits per heavy atom. The maximum Gasteiger partial charge on any atom is 0.433 e. The molecule has 0 spiro atoms. The lowest BCUT2D eigenvalue weighted by molar-refractivity contribution is -0.402. The first kappa shape index (κ1) is 17.2. The zero-order chi connectivity index (χ0) is 17.8. The molecular formula is C17H20N2O6. The molecule has 0 saturated carbocycles. The monoisotopic (exact) mass is 348 g/mol. The van der Waals surface area contributed by atoms with Crippen LogP contribution in [-0.4, -0.2) is 33.4 Å². The van der Waals surface area contributed by atoms with Crippen molar-refractivity contribution in [2.45, 2.75) is 44.2 Å². The summed E-state index contributed by atoms with van der Waals surface area (Å²) in [6.45, 7) is 0.531. The third-order valence-corrected chi connectivity index (χ3v) is 4.49. The Balaban J connectivity index is 1.77. The Labute approximate surface area is 144 Å². The largest absolute Gasteiger partial charge is 0.467 e. The van der Waals surface area contributed by atoms with E-state index in [1.54, 1.807) is 17.0 Å². The van der Waals surface area contributed by atoms with Crippen LogP contribution in [0.5, 0.6) is 0 Å². The van der Waals surface area contributed by atoms with Crippen molar-refractivity contribution in [1.29, 1.82) is 0 Å². The fourth-order valence-electron chi connectivity index (χ4n) is 3.23. The number of rotatable bonds is 5. The first-order valence-electron chi connectivity index (χ1n) is 8.33. The van der Waals surface area contributed by atoms with Crippen LogP contribution >= 0.6 is 0 Å². The van der Waals surface area contributed by atoms with Gasteiger partial charge in [0.15, 0.2) is 5.76 Å². The van der Waals surface area contributed by atoms with Gasteiger partial charge < -0.3 is 18.8 Å². The van der Waals surface area contributed by atoms with Crippen molar-refractivity contribution in [3.8, 4) is 0 Å². The molecule has 0 aliphatic carbocycles. The number of aliphatic hydroxyl groups is 1. The summed E-state index contributed by atoms with van der Waals surface area (Å²) in [6, 6.07) is 5.72. The zero-order valence-electron chi connectivity index (χ0n) is 13.7. The maximum atomic E-state index is 12.8. The van der Waals surface area contributed by atoms with Gasteiger partial charge in [-0.25, -0.2) is 0 Å². The van der Waals surface area contributed by atoms with Gasteiger partial charge in [0.25, 0.3) is 5.91 Å². The Morgan fingerprint density at radius 3 is 2.88 bits per heavy atom. The third kappa shape index (κ3) is 3.90. The molecule has 1 aliphatic rings. The molecule has 2 aromatic heterocycles. The quantitative estimate of drug-likeness (QED) is 0.656. The molecule has 3 rings (SSSR count). The van der Waals surface area contributed by atoms with E-state index < -0.39 is 16.9 Å². The van der Waals surface area contributed by atoms with E-state index in [0.717, 1.165) is 25.7 Å². The van der Waals surface area contributed by atoms with E-state index >= 15 is 0 Å². The van der Waals surface area contributed by atoms with Gasteiger partial charge in [-0.1, -0.05) is 12.8 Å². The zero-order valence-corrected chi connectivity index (χ0v) is 13.7. The third-order valence-electron chi connectivity index (χ3n) is 4.49. The van der Waals surface area contributed by atoms with Crippen LogP contribution in [0.3, 0.4) is 0 Å². The van der Waals surface area contributed by atoms with Crippen LogP contribution in [0.25, 0.3) is 0 Å². The summed E-state index contributed by atoms with van der Waals surface area (Å²) in [6.07, 6.45) is 4.60. The standard InChI is InChI=1S/C17H20N2O6/c20-13(14-6-4-10-24-14)11-12-5-2-1-3-9-18(12)17(21)15-7-8-16(25-15)19(22)23/h4,6-8,10,12-13,20H,1-3,5,9,11H2/t12-,13-/m0/s1. The average molecular weight is 348 g/mol. The second kappa shape index (κ2) is 7.52.